The Hall–Kier alpha value is -0.910. The first-order chi connectivity index (χ1) is 13.1. The number of thiazole rings is 1. The molecule has 0 aromatic carbocycles. The van der Waals surface area contributed by atoms with E-state index in [-0.39, 0.29) is 24.0 Å². The van der Waals surface area contributed by atoms with E-state index in [0.717, 1.165) is 55.8 Å². The summed E-state index contributed by atoms with van der Waals surface area (Å²) >= 11 is 3.44. The molecule has 3 rings (SSSR count). The first kappa shape index (κ1) is 23.4. The number of rotatable bonds is 7. The van der Waals surface area contributed by atoms with Gasteiger partial charge in [-0.05, 0) is 42.2 Å². The summed E-state index contributed by atoms with van der Waals surface area (Å²) in [6.45, 7) is 6.91. The minimum absolute atomic E-state index is 0. The molecule has 0 saturated carbocycles. The third kappa shape index (κ3) is 7.16. The summed E-state index contributed by atoms with van der Waals surface area (Å²) in [4.78, 5) is 13.9. The smallest absolute Gasteiger partial charge is 0.191 e. The Kier molecular flexibility index (Phi) is 9.96. The highest BCUT2D eigenvalue weighted by Gasteiger charge is 2.20. The number of guanidine groups is 1. The van der Waals surface area contributed by atoms with Gasteiger partial charge in [0.15, 0.2) is 11.1 Å². The molecule has 0 radical (unpaired) electrons. The fraction of sp³-hybridized carbons (Fsp3) is 0.579. The summed E-state index contributed by atoms with van der Waals surface area (Å²) in [6.07, 6.45) is 2.30. The third-order valence-corrected chi connectivity index (χ3v) is 6.37. The number of hydrogen-bond acceptors (Lipinski definition) is 6. The molecule has 0 amide bonds. The van der Waals surface area contributed by atoms with Crippen LogP contribution in [0, 0.1) is 0 Å². The molecule has 2 aromatic heterocycles. The maximum atomic E-state index is 4.74. The van der Waals surface area contributed by atoms with Crippen molar-refractivity contribution in [1.29, 1.82) is 0 Å². The monoisotopic (exact) mass is 534 g/mol. The second-order valence-corrected chi connectivity index (χ2v) is 8.65. The van der Waals surface area contributed by atoms with E-state index in [4.69, 9.17) is 4.99 Å². The quantitative estimate of drug-likeness (QED) is 0.323. The van der Waals surface area contributed by atoms with E-state index in [0.29, 0.717) is 12.6 Å². The third-order valence-electron chi connectivity index (χ3n) is 4.58. The van der Waals surface area contributed by atoms with Gasteiger partial charge in [-0.2, -0.15) is 11.3 Å². The molecular formula is C19H31IN6S2. The van der Waals surface area contributed by atoms with Crippen molar-refractivity contribution in [3.63, 3.8) is 0 Å². The Balaban J connectivity index is 0.00000280. The maximum Gasteiger partial charge on any atom is 0.191 e. The number of aliphatic imine (C=N–C) groups is 1. The molecule has 6 nitrogen and oxygen atoms in total. The molecule has 0 atom stereocenters. The zero-order chi connectivity index (χ0) is 19.1. The molecular weight excluding hydrogens is 503 g/mol. The number of aromatic nitrogens is 1. The number of nitrogens with zero attached hydrogens (tertiary/aromatic N) is 4. The zero-order valence-electron chi connectivity index (χ0n) is 16.9. The van der Waals surface area contributed by atoms with E-state index in [2.05, 4.69) is 49.6 Å². The predicted octanol–water partition coefficient (Wildman–Crippen LogP) is 3.61. The van der Waals surface area contributed by atoms with Gasteiger partial charge in [0, 0.05) is 51.7 Å². The summed E-state index contributed by atoms with van der Waals surface area (Å²) in [6, 6.07) is 2.71. The molecule has 28 heavy (non-hydrogen) atoms. The van der Waals surface area contributed by atoms with Gasteiger partial charge in [0.2, 0.25) is 0 Å². The molecule has 0 unspecified atom stereocenters. The molecule has 1 fully saturated rings. The van der Waals surface area contributed by atoms with Crippen LogP contribution < -0.4 is 15.5 Å². The van der Waals surface area contributed by atoms with E-state index in [1.807, 2.05) is 19.0 Å². The van der Waals surface area contributed by atoms with Gasteiger partial charge in [0.1, 0.15) is 0 Å². The molecule has 2 aromatic rings. The van der Waals surface area contributed by atoms with Gasteiger partial charge in [-0.25, -0.2) is 9.98 Å². The fourth-order valence-electron chi connectivity index (χ4n) is 3.12. The number of likely N-dealkylation sites (tertiary alicyclic amines) is 1. The molecule has 0 aliphatic carbocycles. The molecule has 0 bridgehead atoms. The van der Waals surface area contributed by atoms with Crippen LogP contribution in [0.4, 0.5) is 5.13 Å². The Labute approximate surface area is 193 Å². The van der Waals surface area contributed by atoms with Crippen molar-refractivity contribution in [2.45, 2.75) is 38.9 Å². The highest BCUT2D eigenvalue weighted by atomic mass is 127. The lowest BCUT2D eigenvalue weighted by atomic mass is 10.0. The van der Waals surface area contributed by atoms with E-state index in [9.17, 15) is 0 Å². The standard InChI is InChI=1S/C19H30N6S2.HI/c1-4-20-18(21-11-17-14-27-19(23-17)24(2)3)22-16-5-8-25(9-6-16)12-15-7-10-26-13-15;/h7,10,13-14,16H,4-6,8-9,11-12H2,1-3H3,(H2,20,21,22);1H. The van der Waals surface area contributed by atoms with Crippen LogP contribution in [0.5, 0.6) is 0 Å². The highest BCUT2D eigenvalue weighted by molar-refractivity contribution is 14.0. The molecule has 1 saturated heterocycles. The van der Waals surface area contributed by atoms with Crippen LogP contribution in [0.25, 0.3) is 0 Å². The van der Waals surface area contributed by atoms with Gasteiger partial charge < -0.3 is 15.5 Å². The Morgan fingerprint density at radius 2 is 2.11 bits per heavy atom. The van der Waals surface area contributed by atoms with Crippen LogP contribution in [0.15, 0.2) is 27.2 Å². The first-order valence-corrected chi connectivity index (χ1v) is 11.4. The number of piperidine rings is 1. The lowest BCUT2D eigenvalue weighted by Gasteiger charge is -2.32. The largest absolute Gasteiger partial charge is 0.357 e. The molecule has 156 valence electrons. The van der Waals surface area contributed by atoms with Crippen molar-refractivity contribution in [3.05, 3.63) is 33.5 Å². The SMILES string of the molecule is CCNC(=NCc1csc(N(C)C)n1)NC1CCN(Cc2ccsc2)CC1.I. The predicted molar refractivity (Wildman–Crippen MR) is 132 cm³/mol. The first-order valence-electron chi connectivity index (χ1n) is 9.54. The summed E-state index contributed by atoms with van der Waals surface area (Å²) < 4.78 is 0. The maximum absolute atomic E-state index is 4.74. The molecule has 1 aliphatic rings. The summed E-state index contributed by atoms with van der Waals surface area (Å²) in [5.74, 6) is 0.896. The van der Waals surface area contributed by atoms with Gasteiger partial charge >= 0.3 is 0 Å². The molecule has 9 heteroatoms. The van der Waals surface area contributed by atoms with Crippen molar-refractivity contribution < 1.29 is 0 Å². The Morgan fingerprint density at radius 1 is 1.32 bits per heavy atom. The van der Waals surface area contributed by atoms with Gasteiger partial charge in [-0.15, -0.1) is 35.3 Å². The number of nitrogens with one attached hydrogen (secondary N) is 2. The zero-order valence-corrected chi connectivity index (χ0v) is 20.8. The molecule has 3 heterocycles. The second kappa shape index (κ2) is 11.9. The van der Waals surface area contributed by atoms with E-state index < -0.39 is 0 Å². The summed E-state index contributed by atoms with van der Waals surface area (Å²) in [7, 11) is 4.03. The molecule has 2 N–H and O–H groups in total. The fourth-order valence-corrected chi connectivity index (χ4v) is 4.53. The lowest BCUT2D eigenvalue weighted by Crippen LogP contribution is -2.48. The Morgan fingerprint density at radius 3 is 2.71 bits per heavy atom. The van der Waals surface area contributed by atoms with Crippen LogP contribution >= 0.6 is 46.7 Å². The van der Waals surface area contributed by atoms with Crippen molar-refractivity contribution in [2.75, 3.05) is 38.6 Å². The van der Waals surface area contributed by atoms with Crippen molar-refractivity contribution in [3.8, 4) is 0 Å². The Bertz CT molecular complexity index is 708. The lowest BCUT2D eigenvalue weighted by molar-refractivity contribution is 0.198. The summed E-state index contributed by atoms with van der Waals surface area (Å²) in [5, 5.41) is 14.5. The number of anilines is 1. The normalized spacial score (nSPS) is 15.9. The van der Waals surface area contributed by atoms with E-state index in [1.54, 1.807) is 22.7 Å². The van der Waals surface area contributed by atoms with Crippen LogP contribution in [-0.2, 0) is 13.1 Å². The van der Waals surface area contributed by atoms with Crippen molar-refractivity contribution >= 4 is 57.7 Å². The van der Waals surface area contributed by atoms with Crippen LogP contribution in [0.3, 0.4) is 0 Å². The average Bonchev–Trinajstić information content (AvgIpc) is 3.33. The second-order valence-electron chi connectivity index (χ2n) is 7.04. The van der Waals surface area contributed by atoms with E-state index >= 15 is 0 Å². The van der Waals surface area contributed by atoms with Gasteiger partial charge in [-0.3, -0.25) is 4.90 Å². The van der Waals surface area contributed by atoms with Crippen LogP contribution in [-0.4, -0.2) is 55.6 Å². The minimum atomic E-state index is 0. The van der Waals surface area contributed by atoms with Crippen molar-refractivity contribution in [1.82, 2.24) is 20.5 Å². The van der Waals surface area contributed by atoms with Crippen LogP contribution in [0.1, 0.15) is 31.0 Å². The number of hydrogen-bond donors (Lipinski definition) is 2. The van der Waals surface area contributed by atoms with Crippen LogP contribution in [0.2, 0.25) is 0 Å². The number of halogens is 1. The average molecular weight is 535 g/mol. The molecule has 1 aliphatic heterocycles. The topological polar surface area (TPSA) is 55.8 Å². The van der Waals surface area contributed by atoms with Gasteiger partial charge in [0.05, 0.1) is 12.2 Å². The minimum Gasteiger partial charge on any atom is -0.357 e. The van der Waals surface area contributed by atoms with Gasteiger partial charge in [-0.1, -0.05) is 0 Å². The highest BCUT2D eigenvalue weighted by Crippen LogP contribution is 2.18. The molecule has 0 spiro atoms. The van der Waals surface area contributed by atoms with E-state index in [1.165, 1.54) is 5.56 Å². The van der Waals surface area contributed by atoms with Crippen molar-refractivity contribution in [2.24, 2.45) is 4.99 Å². The van der Waals surface area contributed by atoms with Gasteiger partial charge in [0.25, 0.3) is 0 Å². The number of thiophene rings is 1. The summed E-state index contributed by atoms with van der Waals surface area (Å²) in [5.41, 5.74) is 2.45.